The predicted octanol–water partition coefficient (Wildman–Crippen LogP) is 7.49. The number of aliphatic hydroxyl groups excluding tert-OH is 1. The van der Waals surface area contributed by atoms with Crippen LogP contribution in [-0.4, -0.2) is 46.3 Å². The van der Waals surface area contributed by atoms with E-state index in [4.69, 9.17) is 14.6 Å². The molecule has 2 aromatic heterocycles. The van der Waals surface area contributed by atoms with Crippen LogP contribution in [0, 0.1) is 23.4 Å². The average molecular weight is 622 g/mol. The van der Waals surface area contributed by atoms with Crippen LogP contribution < -0.4 is 9.47 Å². The van der Waals surface area contributed by atoms with Crippen LogP contribution in [-0.2, 0) is 10.2 Å². The van der Waals surface area contributed by atoms with Crippen molar-refractivity contribution < 1.29 is 32.5 Å². The van der Waals surface area contributed by atoms with Gasteiger partial charge < -0.3 is 29.3 Å². The smallest absolute Gasteiger partial charge is 0.204 e. The minimum absolute atomic E-state index is 0.0198. The zero-order chi connectivity index (χ0) is 31.2. The summed E-state index contributed by atoms with van der Waals surface area (Å²) in [6, 6.07) is 11.7. The van der Waals surface area contributed by atoms with Gasteiger partial charge in [-0.1, -0.05) is 18.2 Å². The molecule has 228 valence electrons. The molecule has 11 heteroatoms. The maximum Gasteiger partial charge on any atom is 0.204 e. The van der Waals surface area contributed by atoms with Crippen molar-refractivity contribution in [2.45, 2.75) is 36.0 Å². The quantitative estimate of drug-likeness (QED) is 0.129. The van der Waals surface area contributed by atoms with E-state index in [1.54, 1.807) is 18.5 Å². The van der Waals surface area contributed by atoms with E-state index in [0.29, 0.717) is 23.3 Å². The summed E-state index contributed by atoms with van der Waals surface area (Å²) in [5.41, 5.74) is 2.50. The molecule has 7 rings (SSSR count). The zero-order valence-electron chi connectivity index (χ0n) is 24.2. The highest BCUT2D eigenvalue weighted by molar-refractivity contribution is 7.99. The molecule has 5 aromatic rings. The molecule has 0 bridgehead atoms. The molecule has 3 atom stereocenters. The first-order valence-electron chi connectivity index (χ1n) is 14.1. The van der Waals surface area contributed by atoms with Gasteiger partial charge in [-0.3, -0.25) is 0 Å². The Morgan fingerprint density at radius 1 is 1.16 bits per heavy atom. The Labute approximate surface area is 255 Å². The molecule has 0 amide bonds. The van der Waals surface area contributed by atoms with Crippen LogP contribution in [0.5, 0.6) is 17.2 Å². The Morgan fingerprint density at radius 3 is 2.73 bits per heavy atom. The van der Waals surface area contributed by atoms with Crippen LogP contribution in [0.25, 0.3) is 22.3 Å². The standard InChI is InChI=1S/C32H26F3N3O3S.CH4O/c1-32(9-11-40-28-18(4-3-5-22(28)32)20-12-16(20)15-39)24-14-37-31(38-24)21-13-17(6-7-23(21)33)41-29-26(35)25(34)27-19(8-10-36-27)30(29)42-2;1-2/h3-8,10,13-16,20,36H,9,11-12H2,1-2H3,(H,37,38);2H,1H3. The summed E-state index contributed by atoms with van der Waals surface area (Å²) in [7, 11) is 1.00. The lowest BCUT2D eigenvalue weighted by Crippen LogP contribution is -2.32. The van der Waals surface area contributed by atoms with Gasteiger partial charge in [0.15, 0.2) is 11.6 Å². The van der Waals surface area contributed by atoms with E-state index in [2.05, 4.69) is 21.9 Å². The molecular formula is C33H30F3N3O4S. The highest BCUT2D eigenvalue weighted by atomic mass is 32.2. The second-order valence-electron chi connectivity index (χ2n) is 10.9. The summed E-state index contributed by atoms with van der Waals surface area (Å²) in [5, 5.41) is 7.49. The number of nitrogens with zero attached hydrogens (tertiary/aromatic N) is 1. The summed E-state index contributed by atoms with van der Waals surface area (Å²) in [6.45, 7) is 2.57. The number of ether oxygens (including phenoxy) is 2. The molecule has 3 unspecified atom stereocenters. The molecular weight excluding hydrogens is 591 g/mol. The van der Waals surface area contributed by atoms with Crippen LogP contribution >= 0.6 is 11.8 Å². The first-order valence-corrected chi connectivity index (χ1v) is 15.3. The Kier molecular flexibility index (Phi) is 7.93. The summed E-state index contributed by atoms with van der Waals surface area (Å²) in [5.74, 6) is -1.59. The number of aliphatic hydroxyl groups is 1. The zero-order valence-corrected chi connectivity index (χ0v) is 25.0. The van der Waals surface area contributed by atoms with Crippen molar-refractivity contribution in [2.24, 2.45) is 5.92 Å². The minimum atomic E-state index is -1.13. The fourth-order valence-electron chi connectivity index (χ4n) is 6.01. The van der Waals surface area contributed by atoms with Gasteiger partial charge in [-0.15, -0.1) is 11.8 Å². The van der Waals surface area contributed by atoms with Crippen LogP contribution in [0.1, 0.15) is 42.5 Å². The topological polar surface area (TPSA) is 100 Å². The van der Waals surface area contributed by atoms with Crippen molar-refractivity contribution in [3.63, 3.8) is 0 Å². The largest absolute Gasteiger partial charge is 0.493 e. The lowest BCUT2D eigenvalue weighted by atomic mass is 9.74. The van der Waals surface area contributed by atoms with E-state index in [1.165, 1.54) is 36.2 Å². The first-order chi connectivity index (χ1) is 21.3. The molecule has 3 heterocycles. The third kappa shape index (κ3) is 4.84. The lowest BCUT2D eigenvalue weighted by molar-refractivity contribution is -0.108. The molecule has 1 saturated carbocycles. The molecule has 0 spiro atoms. The number of carbonyl (C=O) groups is 1. The third-order valence-electron chi connectivity index (χ3n) is 8.50. The number of hydrogen-bond acceptors (Lipinski definition) is 6. The van der Waals surface area contributed by atoms with Crippen LogP contribution in [0.4, 0.5) is 13.2 Å². The summed E-state index contributed by atoms with van der Waals surface area (Å²) in [4.78, 5) is 22.3. The first kappa shape index (κ1) is 29.8. The summed E-state index contributed by atoms with van der Waals surface area (Å²) >= 11 is 1.22. The number of aldehydes is 1. The average Bonchev–Trinajstić information content (AvgIpc) is 3.38. The number of thioether (sulfide) groups is 1. The molecule has 1 fully saturated rings. The maximum absolute atomic E-state index is 15.1. The highest BCUT2D eigenvalue weighted by Crippen LogP contribution is 2.53. The number of benzene rings is 3. The molecule has 3 N–H and O–H groups in total. The number of H-pyrrole nitrogens is 2. The highest BCUT2D eigenvalue weighted by Gasteiger charge is 2.44. The molecule has 7 nitrogen and oxygen atoms in total. The number of aromatic nitrogens is 3. The number of halogens is 3. The number of nitrogens with one attached hydrogen (secondary N) is 2. The lowest BCUT2D eigenvalue weighted by Gasteiger charge is -2.36. The number of imidazole rings is 1. The van der Waals surface area contributed by atoms with Crippen molar-refractivity contribution in [1.29, 1.82) is 0 Å². The normalized spacial score (nSPS) is 20.3. The second kappa shape index (κ2) is 11.7. The number of aromatic amines is 2. The van der Waals surface area contributed by atoms with E-state index >= 15 is 8.78 Å². The van der Waals surface area contributed by atoms with Crippen molar-refractivity contribution in [1.82, 2.24) is 15.0 Å². The van der Waals surface area contributed by atoms with Gasteiger partial charge >= 0.3 is 0 Å². The number of fused-ring (bicyclic) bond motifs is 2. The molecule has 0 radical (unpaired) electrons. The fourth-order valence-corrected chi connectivity index (χ4v) is 6.71. The van der Waals surface area contributed by atoms with Gasteiger partial charge in [-0.25, -0.2) is 13.8 Å². The van der Waals surface area contributed by atoms with Gasteiger partial charge in [0.05, 0.1) is 22.6 Å². The predicted molar refractivity (Wildman–Crippen MR) is 162 cm³/mol. The van der Waals surface area contributed by atoms with E-state index in [1.807, 2.05) is 18.2 Å². The van der Waals surface area contributed by atoms with E-state index in [-0.39, 0.29) is 40.2 Å². The van der Waals surface area contributed by atoms with E-state index < -0.39 is 22.9 Å². The molecule has 2 aliphatic rings. The Morgan fingerprint density at radius 2 is 1.98 bits per heavy atom. The van der Waals surface area contributed by atoms with Gasteiger partial charge in [0, 0.05) is 47.5 Å². The Bertz CT molecular complexity index is 1870. The van der Waals surface area contributed by atoms with Gasteiger partial charge in [-0.05, 0) is 61.8 Å². The third-order valence-corrected chi connectivity index (χ3v) is 9.31. The van der Waals surface area contributed by atoms with E-state index in [0.717, 1.165) is 42.4 Å². The van der Waals surface area contributed by atoms with Gasteiger partial charge in [-0.2, -0.15) is 4.39 Å². The van der Waals surface area contributed by atoms with Crippen molar-refractivity contribution in [2.75, 3.05) is 20.0 Å². The number of rotatable bonds is 7. The van der Waals surface area contributed by atoms with Crippen LogP contribution in [0.3, 0.4) is 0 Å². The van der Waals surface area contributed by atoms with Crippen molar-refractivity contribution in [3.05, 3.63) is 89.1 Å². The Balaban J connectivity index is 0.00000168. The van der Waals surface area contributed by atoms with Gasteiger partial charge in [0.25, 0.3) is 0 Å². The van der Waals surface area contributed by atoms with Gasteiger partial charge in [0.1, 0.15) is 29.4 Å². The van der Waals surface area contributed by atoms with Crippen molar-refractivity contribution >= 4 is 29.0 Å². The van der Waals surface area contributed by atoms with Crippen molar-refractivity contribution in [3.8, 4) is 28.6 Å². The molecule has 3 aromatic carbocycles. The fraction of sp³-hybridized carbons (Fsp3) is 0.273. The molecule has 0 saturated heterocycles. The molecule has 1 aliphatic carbocycles. The van der Waals surface area contributed by atoms with Crippen LogP contribution in [0.15, 0.2) is 59.8 Å². The number of hydrogen-bond donors (Lipinski definition) is 3. The monoisotopic (exact) mass is 621 g/mol. The number of para-hydroxylation sites is 1. The van der Waals surface area contributed by atoms with Crippen LogP contribution in [0.2, 0.25) is 0 Å². The maximum atomic E-state index is 15.1. The number of carbonyl (C=O) groups excluding carboxylic acids is 1. The van der Waals surface area contributed by atoms with E-state index in [9.17, 15) is 9.18 Å². The second-order valence-corrected chi connectivity index (χ2v) is 11.8. The SMILES string of the molecule is CO.CSc1c(Oc2ccc(F)c(-c3ncc(C4(C)CCOc5c(C6CC6C=O)cccc54)[nH]3)c2)c(F)c(F)c2[nH]ccc12. The summed E-state index contributed by atoms with van der Waals surface area (Å²) in [6.07, 6.45) is 7.46. The van der Waals surface area contributed by atoms with Gasteiger partial charge in [0.2, 0.25) is 5.82 Å². The summed E-state index contributed by atoms with van der Waals surface area (Å²) < 4.78 is 57.0. The molecule has 44 heavy (non-hydrogen) atoms. The Hall–Kier alpha value is -4.22. The minimum Gasteiger partial charge on any atom is -0.493 e. The molecule has 1 aliphatic heterocycles.